The largest absolute Gasteiger partial charge is 0.478 e. The minimum Gasteiger partial charge on any atom is -0.478 e. The molecule has 0 saturated carbocycles. The summed E-state index contributed by atoms with van der Waals surface area (Å²) in [7, 11) is 0. The Morgan fingerprint density at radius 2 is 1.58 bits per heavy atom. The van der Waals surface area contributed by atoms with Gasteiger partial charge in [-0.2, -0.15) is 4.58 Å². The van der Waals surface area contributed by atoms with Gasteiger partial charge in [0.05, 0.1) is 23.2 Å². The fraction of sp³-hybridized carbons (Fsp3) is 0.378. The van der Waals surface area contributed by atoms with Crippen molar-refractivity contribution in [2.24, 2.45) is 17.3 Å². The molecule has 3 aromatic rings. The van der Waals surface area contributed by atoms with Gasteiger partial charge in [0.1, 0.15) is 6.54 Å². The molecular weight excluding hydrogens is 617 g/mol. The maximum Gasteiger partial charge on any atom is 0.335 e. The molecule has 1 N–H and O–H groups in total. The highest BCUT2D eigenvalue weighted by Crippen LogP contribution is 2.57. The monoisotopic (exact) mass is 661 g/mol. The minimum atomic E-state index is -0.893. The van der Waals surface area contributed by atoms with E-state index >= 15 is 0 Å². The van der Waals surface area contributed by atoms with Gasteiger partial charge in [-0.1, -0.05) is 68.5 Å². The summed E-state index contributed by atoms with van der Waals surface area (Å²) in [5, 5.41) is 9.79. The van der Waals surface area contributed by atoms with E-state index in [9.17, 15) is 9.90 Å². The van der Waals surface area contributed by atoms with Crippen molar-refractivity contribution in [3.8, 4) is 0 Å². The van der Waals surface area contributed by atoms with Crippen LogP contribution in [0, 0.1) is 17.3 Å². The first kappa shape index (κ1) is 30.4. The van der Waals surface area contributed by atoms with Crippen molar-refractivity contribution >= 4 is 28.6 Å². The molecule has 0 fully saturated rings. The van der Waals surface area contributed by atoms with Crippen LogP contribution >= 0.6 is 0 Å². The second kappa shape index (κ2) is 10.5. The number of benzene rings is 3. The van der Waals surface area contributed by atoms with Crippen LogP contribution in [0.25, 0.3) is 5.57 Å². The number of allylic oxidation sites excluding steroid dienone is 4. The predicted molar refractivity (Wildman–Crippen MR) is 198 cm³/mol. The molecule has 252 valence electrons. The molecule has 50 heavy (non-hydrogen) atoms. The number of hydrogen-bond acceptors (Lipinski definition) is 3. The number of hydrogen-bond donors (Lipinski definition) is 1. The Labute approximate surface area is 295 Å². The molecule has 5 heteroatoms. The van der Waals surface area contributed by atoms with Crippen molar-refractivity contribution in [2.75, 3.05) is 18.0 Å². The summed E-state index contributed by atoms with van der Waals surface area (Å²) in [6.07, 6.45) is 10.3. The van der Waals surface area contributed by atoms with Crippen LogP contribution in [0.15, 0.2) is 113 Å². The smallest absolute Gasteiger partial charge is 0.335 e. The topological polar surface area (TPSA) is 52.8 Å². The van der Waals surface area contributed by atoms with Gasteiger partial charge in [0.15, 0.2) is 5.71 Å². The van der Waals surface area contributed by atoms with E-state index in [1.807, 2.05) is 12.1 Å². The first-order valence-corrected chi connectivity index (χ1v) is 18.6. The van der Waals surface area contributed by atoms with Crippen molar-refractivity contribution in [3.05, 3.63) is 135 Å². The molecule has 0 spiro atoms. The zero-order valence-corrected chi connectivity index (χ0v) is 29.5. The Hall–Kier alpha value is -4.48. The number of fused-ring (bicyclic) bond motifs is 10. The average molecular weight is 662 g/mol. The number of anilines is 1. The van der Waals surface area contributed by atoms with Crippen molar-refractivity contribution in [1.29, 1.82) is 0 Å². The normalized spacial score (nSPS) is 28.2. The number of carboxylic acids is 1. The van der Waals surface area contributed by atoms with Gasteiger partial charge in [-0.15, -0.1) is 0 Å². The summed E-state index contributed by atoms with van der Waals surface area (Å²) in [6, 6.07) is 25.5. The van der Waals surface area contributed by atoms with Gasteiger partial charge in [0.25, 0.3) is 0 Å². The SMILES string of the molecule is CC1(C)Cc2ccccc2[N+]2=C1C1=CC3=C(c4ccc(C(=O)O)cc4)C4=CC5=C6N(CC[C@H]5C[C@H]4O[C@H]3C[C@H]1CC2)c1ccccc1C6(C)C. The molecule has 0 unspecified atom stereocenters. The number of aromatic carboxylic acids is 1. The Morgan fingerprint density at radius 1 is 0.840 bits per heavy atom. The standard InChI is InChI=1S/C45H44N2O3/c1-44(2)25-30-9-5-7-11-36(30)46-19-17-28-21-38-33(23-31(28)41(44)46)40(26-13-15-27(16-14-26)43(48)49)34-24-32-29(22-39(34)50-38)18-20-47-37-12-8-6-10-35(37)45(3,4)42(32)47/h5-16,23-24,28-29,38-39H,17-22,25H2,1-4H3/p+1/t28-,29+,38+,39-/m1/s1. The van der Waals surface area contributed by atoms with Gasteiger partial charge in [-0.05, 0) is 109 Å². The lowest BCUT2D eigenvalue weighted by Crippen LogP contribution is -2.47. The molecule has 0 amide bonds. The molecule has 0 radical (unpaired) electrons. The van der Waals surface area contributed by atoms with Gasteiger partial charge in [-0.25, -0.2) is 4.79 Å². The quantitative estimate of drug-likeness (QED) is 0.279. The van der Waals surface area contributed by atoms with E-state index in [1.54, 1.807) is 12.1 Å². The number of ether oxygens (including phenoxy) is 1. The average Bonchev–Trinajstić information content (AvgIpc) is 3.35. The first-order chi connectivity index (χ1) is 24.1. The molecule has 5 aliphatic heterocycles. The maximum atomic E-state index is 11.9. The lowest BCUT2D eigenvalue weighted by atomic mass is 9.65. The zero-order chi connectivity index (χ0) is 34.1. The summed E-state index contributed by atoms with van der Waals surface area (Å²) in [5.41, 5.74) is 16.5. The van der Waals surface area contributed by atoms with E-state index in [0.717, 1.165) is 50.8 Å². The zero-order valence-electron chi connectivity index (χ0n) is 29.5. The molecule has 0 saturated heterocycles. The van der Waals surface area contributed by atoms with Crippen LogP contribution in [-0.4, -0.2) is 46.7 Å². The third-order valence-electron chi connectivity index (χ3n) is 13.0. The van der Waals surface area contributed by atoms with E-state index in [-0.39, 0.29) is 23.0 Å². The Kier molecular flexibility index (Phi) is 6.39. The molecule has 2 aliphatic carbocycles. The third kappa shape index (κ3) is 4.22. The van der Waals surface area contributed by atoms with Crippen LogP contribution in [0.3, 0.4) is 0 Å². The van der Waals surface area contributed by atoms with E-state index < -0.39 is 5.97 Å². The highest BCUT2D eigenvalue weighted by molar-refractivity contribution is 6.04. The van der Waals surface area contributed by atoms with Crippen LogP contribution in [0.1, 0.15) is 80.4 Å². The van der Waals surface area contributed by atoms with E-state index in [4.69, 9.17) is 4.74 Å². The van der Waals surface area contributed by atoms with Crippen LogP contribution in [0.2, 0.25) is 0 Å². The van der Waals surface area contributed by atoms with E-state index in [1.165, 1.54) is 61.8 Å². The predicted octanol–water partition coefficient (Wildman–Crippen LogP) is 9.03. The molecular formula is C45H45N2O3+. The Balaban J connectivity index is 1.21. The van der Waals surface area contributed by atoms with E-state index in [0.29, 0.717) is 17.4 Å². The number of carboxylic acid groups (broad SMARTS) is 1. The number of nitrogens with zero attached hydrogens (tertiary/aromatic N) is 2. The second-order valence-electron chi connectivity index (χ2n) is 16.8. The third-order valence-corrected chi connectivity index (χ3v) is 13.0. The molecule has 4 atom stereocenters. The summed E-state index contributed by atoms with van der Waals surface area (Å²) >= 11 is 0. The van der Waals surface area contributed by atoms with Gasteiger partial charge >= 0.3 is 5.97 Å². The summed E-state index contributed by atoms with van der Waals surface area (Å²) in [6.45, 7) is 11.7. The first-order valence-electron chi connectivity index (χ1n) is 18.6. The van der Waals surface area contributed by atoms with Gasteiger partial charge in [-0.3, -0.25) is 0 Å². The van der Waals surface area contributed by atoms with Crippen molar-refractivity contribution in [2.45, 2.75) is 77.4 Å². The Morgan fingerprint density at radius 3 is 2.40 bits per heavy atom. The molecule has 5 nitrogen and oxygen atoms in total. The maximum absolute atomic E-state index is 11.9. The summed E-state index contributed by atoms with van der Waals surface area (Å²) in [5.74, 6) is 0.0236. The minimum absolute atomic E-state index is 0.00600. The van der Waals surface area contributed by atoms with Gasteiger partial charge in [0, 0.05) is 47.0 Å². The van der Waals surface area contributed by atoms with Gasteiger partial charge in [0.2, 0.25) is 5.69 Å². The number of para-hydroxylation sites is 2. The molecule has 5 heterocycles. The highest BCUT2D eigenvalue weighted by Gasteiger charge is 2.51. The van der Waals surface area contributed by atoms with Crippen molar-refractivity contribution in [3.63, 3.8) is 0 Å². The van der Waals surface area contributed by atoms with Crippen LogP contribution in [-0.2, 0) is 16.6 Å². The van der Waals surface area contributed by atoms with Crippen LogP contribution in [0.4, 0.5) is 11.4 Å². The van der Waals surface area contributed by atoms with Crippen LogP contribution < -0.4 is 4.90 Å². The van der Waals surface area contributed by atoms with Crippen molar-refractivity contribution in [1.82, 2.24) is 0 Å². The fourth-order valence-electron chi connectivity index (χ4n) is 10.9. The Bertz CT molecular complexity index is 2170. The van der Waals surface area contributed by atoms with E-state index in [2.05, 4.69) is 97.9 Å². The molecule has 0 aromatic heterocycles. The summed E-state index contributed by atoms with van der Waals surface area (Å²) < 4.78 is 9.87. The molecule has 3 aromatic carbocycles. The molecule has 7 aliphatic rings. The fourth-order valence-corrected chi connectivity index (χ4v) is 10.9. The van der Waals surface area contributed by atoms with Crippen LogP contribution in [0.5, 0.6) is 0 Å². The number of carbonyl (C=O) groups is 1. The summed E-state index contributed by atoms with van der Waals surface area (Å²) in [4.78, 5) is 14.5. The lowest BCUT2D eigenvalue weighted by Gasteiger charge is -2.47. The van der Waals surface area contributed by atoms with Crippen molar-refractivity contribution < 1.29 is 19.2 Å². The van der Waals surface area contributed by atoms with Gasteiger partial charge < -0.3 is 14.7 Å². The lowest BCUT2D eigenvalue weighted by molar-refractivity contribution is -0.454. The number of rotatable bonds is 2. The molecule has 10 rings (SSSR count). The second-order valence-corrected chi connectivity index (χ2v) is 16.8. The molecule has 0 bridgehead atoms. The highest BCUT2D eigenvalue weighted by atomic mass is 16.5.